The zero-order valence-electron chi connectivity index (χ0n) is 7.42. The second-order valence-corrected chi connectivity index (χ2v) is 3.19. The number of hydrogen-bond acceptors (Lipinski definition) is 2. The molecular weight excluding hydrogens is 156 g/mol. The minimum absolute atomic E-state index is 0.00144. The van der Waals surface area contributed by atoms with E-state index in [1.807, 2.05) is 6.92 Å². The average Bonchev–Trinajstić information content (AvgIpc) is 1.99. The Hall–Kier alpha value is -0.770. The Morgan fingerprint density at radius 1 is 1.67 bits per heavy atom. The SMILES string of the molecule is CCCNC(=O)N1CC(CO)C1. The van der Waals surface area contributed by atoms with Gasteiger partial charge in [-0.15, -0.1) is 0 Å². The number of nitrogens with one attached hydrogen (secondary N) is 1. The summed E-state index contributed by atoms with van der Waals surface area (Å²) in [5.41, 5.74) is 0. The Kier molecular flexibility index (Phi) is 3.34. The zero-order valence-corrected chi connectivity index (χ0v) is 7.42. The van der Waals surface area contributed by atoms with E-state index in [0.29, 0.717) is 19.0 Å². The first-order valence-electron chi connectivity index (χ1n) is 4.41. The molecule has 70 valence electrons. The lowest BCUT2D eigenvalue weighted by Crippen LogP contribution is -2.54. The van der Waals surface area contributed by atoms with Crippen LogP contribution >= 0.6 is 0 Å². The van der Waals surface area contributed by atoms with E-state index in [2.05, 4.69) is 5.32 Å². The van der Waals surface area contributed by atoms with Gasteiger partial charge in [0, 0.05) is 32.2 Å². The van der Waals surface area contributed by atoms with Crippen LogP contribution in [0.3, 0.4) is 0 Å². The lowest BCUT2D eigenvalue weighted by Gasteiger charge is -2.38. The maximum atomic E-state index is 11.2. The summed E-state index contributed by atoms with van der Waals surface area (Å²) >= 11 is 0. The van der Waals surface area contributed by atoms with Crippen LogP contribution in [0.2, 0.25) is 0 Å². The van der Waals surface area contributed by atoms with Crippen molar-refractivity contribution >= 4 is 6.03 Å². The summed E-state index contributed by atoms with van der Waals surface area (Å²) in [5, 5.41) is 11.5. The van der Waals surface area contributed by atoms with Gasteiger partial charge >= 0.3 is 6.03 Å². The highest BCUT2D eigenvalue weighted by molar-refractivity contribution is 5.74. The molecule has 4 nitrogen and oxygen atoms in total. The van der Waals surface area contributed by atoms with Gasteiger partial charge in [-0.1, -0.05) is 6.92 Å². The van der Waals surface area contributed by atoms with Gasteiger partial charge in [0.2, 0.25) is 0 Å². The number of aliphatic hydroxyl groups is 1. The number of amides is 2. The molecule has 0 aromatic carbocycles. The molecule has 2 N–H and O–H groups in total. The minimum Gasteiger partial charge on any atom is -0.396 e. The minimum atomic E-state index is 0.00144. The molecule has 1 heterocycles. The third-order valence-corrected chi connectivity index (χ3v) is 2.03. The summed E-state index contributed by atoms with van der Waals surface area (Å²) in [4.78, 5) is 12.9. The highest BCUT2D eigenvalue weighted by Gasteiger charge is 2.29. The molecule has 0 unspecified atom stereocenters. The molecule has 1 saturated heterocycles. The summed E-state index contributed by atoms with van der Waals surface area (Å²) < 4.78 is 0. The van der Waals surface area contributed by atoms with Crippen molar-refractivity contribution in [3.63, 3.8) is 0 Å². The van der Waals surface area contributed by atoms with Crippen LogP contribution in [0.1, 0.15) is 13.3 Å². The largest absolute Gasteiger partial charge is 0.396 e. The lowest BCUT2D eigenvalue weighted by molar-refractivity contribution is 0.0777. The second kappa shape index (κ2) is 4.30. The fourth-order valence-electron chi connectivity index (χ4n) is 1.19. The summed E-state index contributed by atoms with van der Waals surface area (Å²) in [6, 6.07) is 0.00144. The van der Waals surface area contributed by atoms with E-state index in [0.717, 1.165) is 13.0 Å². The van der Waals surface area contributed by atoms with Crippen molar-refractivity contribution in [2.24, 2.45) is 5.92 Å². The van der Waals surface area contributed by atoms with E-state index in [-0.39, 0.29) is 12.6 Å². The van der Waals surface area contributed by atoms with Gasteiger partial charge in [0.1, 0.15) is 0 Å². The molecule has 0 bridgehead atoms. The van der Waals surface area contributed by atoms with Crippen LogP contribution in [0.4, 0.5) is 4.79 Å². The molecule has 0 spiro atoms. The molecule has 0 aliphatic carbocycles. The average molecular weight is 172 g/mol. The number of rotatable bonds is 3. The number of hydrogen-bond donors (Lipinski definition) is 2. The molecule has 0 saturated carbocycles. The smallest absolute Gasteiger partial charge is 0.317 e. The first kappa shape index (κ1) is 9.32. The molecule has 12 heavy (non-hydrogen) atoms. The van der Waals surface area contributed by atoms with Gasteiger partial charge in [-0.3, -0.25) is 0 Å². The summed E-state index contributed by atoms with van der Waals surface area (Å²) in [6.07, 6.45) is 0.961. The fourth-order valence-corrected chi connectivity index (χ4v) is 1.19. The van der Waals surface area contributed by atoms with Gasteiger partial charge in [0.25, 0.3) is 0 Å². The zero-order chi connectivity index (χ0) is 8.97. The van der Waals surface area contributed by atoms with Gasteiger partial charge in [-0.05, 0) is 6.42 Å². The normalized spacial score (nSPS) is 17.3. The predicted molar refractivity (Wildman–Crippen MR) is 45.8 cm³/mol. The summed E-state index contributed by atoms with van der Waals surface area (Å²) in [7, 11) is 0. The van der Waals surface area contributed by atoms with Gasteiger partial charge < -0.3 is 15.3 Å². The second-order valence-electron chi connectivity index (χ2n) is 3.19. The molecule has 1 fully saturated rings. The molecule has 4 heteroatoms. The van der Waals surface area contributed by atoms with E-state index >= 15 is 0 Å². The van der Waals surface area contributed by atoms with Crippen LogP contribution in [0.15, 0.2) is 0 Å². The number of aliphatic hydroxyl groups excluding tert-OH is 1. The van der Waals surface area contributed by atoms with Crippen molar-refractivity contribution in [2.75, 3.05) is 26.2 Å². The van der Waals surface area contributed by atoms with Crippen molar-refractivity contribution in [2.45, 2.75) is 13.3 Å². The van der Waals surface area contributed by atoms with E-state index in [1.54, 1.807) is 4.90 Å². The molecule has 0 atom stereocenters. The fraction of sp³-hybridized carbons (Fsp3) is 0.875. The molecular formula is C8H16N2O2. The Labute approximate surface area is 72.6 Å². The van der Waals surface area contributed by atoms with Crippen molar-refractivity contribution in [3.8, 4) is 0 Å². The van der Waals surface area contributed by atoms with Crippen molar-refractivity contribution < 1.29 is 9.90 Å². The van der Waals surface area contributed by atoms with Crippen LogP contribution in [0, 0.1) is 5.92 Å². The van der Waals surface area contributed by atoms with E-state index in [4.69, 9.17) is 5.11 Å². The maximum Gasteiger partial charge on any atom is 0.317 e. The van der Waals surface area contributed by atoms with Crippen molar-refractivity contribution in [3.05, 3.63) is 0 Å². The van der Waals surface area contributed by atoms with Crippen molar-refractivity contribution in [1.82, 2.24) is 10.2 Å². The van der Waals surface area contributed by atoms with Crippen LogP contribution < -0.4 is 5.32 Å². The topological polar surface area (TPSA) is 52.6 Å². The van der Waals surface area contributed by atoms with Crippen LogP contribution in [0.5, 0.6) is 0 Å². The van der Waals surface area contributed by atoms with Crippen molar-refractivity contribution in [1.29, 1.82) is 0 Å². The van der Waals surface area contributed by atoms with E-state index in [9.17, 15) is 4.79 Å². The Balaban J connectivity index is 2.11. The molecule has 1 aliphatic heterocycles. The van der Waals surface area contributed by atoms with Crippen LogP contribution in [-0.4, -0.2) is 42.3 Å². The first-order chi connectivity index (χ1) is 5.77. The maximum absolute atomic E-state index is 11.2. The standard InChI is InChI=1S/C8H16N2O2/c1-2-3-9-8(12)10-4-7(5-10)6-11/h7,11H,2-6H2,1H3,(H,9,12). The third-order valence-electron chi connectivity index (χ3n) is 2.03. The molecule has 1 aliphatic rings. The summed E-state index contributed by atoms with van der Waals surface area (Å²) in [5.74, 6) is 0.303. The van der Waals surface area contributed by atoms with E-state index in [1.165, 1.54) is 0 Å². The molecule has 0 aromatic heterocycles. The highest BCUT2D eigenvalue weighted by atomic mass is 16.3. The van der Waals surface area contributed by atoms with Crippen LogP contribution in [0.25, 0.3) is 0 Å². The Morgan fingerprint density at radius 3 is 2.83 bits per heavy atom. The Bertz CT molecular complexity index is 155. The van der Waals surface area contributed by atoms with Gasteiger partial charge in [0.15, 0.2) is 0 Å². The molecule has 0 aromatic rings. The lowest BCUT2D eigenvalue weighted by atomic mass is 10.0. The van der Waals surface area contributed by atoms with E-state index < -0.39 is 0 Å². The summed E-state index contributed by atoms with van der Waals surface area (Å²) in [6.45, 7) is 4.35. The monoisotopic (exact) mass is 172 g/mol. The first-order valence-corrected chi connectivity index (χ1v) is 4.41. The van der Waals surface area contributed by atoms with Crippen LogP contribution in [-0.2, 0) is 0 Å². The Morgan fingerprint density at radius 2 is 2.33 bits per heavy atom. The number of nitrogens with zero attached hydrogens (tertiary/aromatic N) is 1. The molecule has 2 amide bonds. The number of carbonyl (C=O) groups excluding carboxylic acids is 1. The molecule has 0 radical (unpaired) electrons. The number of likely N-dealkylation sites (tertiary alicyclic amines) is 1. The third kappa shape index (κ3) is 2.11. The number of carbonyl (C=O) groups is 1. The number of urea groups is 1. The molecule has 1 rings (SSSR count). The quantitative estimate of drug-likeness (QED) is 0.631. The van der Waals surface area contributed by atoms with Gasteiger partial charge in [-0.25, -0.2) is 4.79 Å². The van der Waals surface area contributed by atoms with Gasteiger partial charge in [-0.2, -0.15) is 0 Å². The van der Waals surface area contributed by atoms with Gasteiger partial charge in [0.05, 0.1) is 0 Å². The highest BCUT2D eigenvalue weighted by Crippen LogP contribution is 2.13. The predicted octanol–water partition coefficient (Wildman–Crippen LogP) is 0.0301.